The van der Waals surface area contributed by atoms with E-state index in [4.69, 9.17) is 4.74 Å². The molecule has 0 spiro atoms. The second-order valence-corrected chi connectivity index (χ2v) is 6.64. The predicted octanol–water partition coefficient (Wildman–Crippen LogP) is 2.82. The number of methoxy groups -OCH3 is 1. The molecule has 1 unspecified atom stereocenters. The van der Waals surface area contributed by atoms with Crippen molar-refractivity contribution in [2.75, 3.05) is 12.9 Å². The molecule has 0 saturated carbocycles. The standard InChI is InChI=1S/C19H20N4O2S/c1-23-13-20-22-19(23)26-12-17(24)21-18(14-6-4-3-5-7-14)15-8-10-16(25-2)11-9-15/h3-11,13,18H,12H2,1-2H3,(H,21,24). The first-order valence-electron chi connectivity index (χ1n) is 8.12. The van der Waals surface area contributed by atoms with Gasteiger partial charge in [0, 0.05) is 7.05 Å². The van der Waals surface area contributed by atoms with Crippen molar-refractivity contribution in [3.63, 3.8) is 0 Å². The fraction of sp³-hybridized carbons (Fsp3) is 0.211. The lowest BCUT2D eigenvalue weighted by Gasteiger charge is -2.20. The molecule has 2 aromatic carbocycles. The Morgan fingerprint density at radius 1 is 1.15 bits per heavy atom. The van der Waals surface area contributed by atoms with E-state index in [0.29, 0.717) is 5.16 Å². The van der Waals surface area contributed by atoms with Gasteiger partial charge in [-0.25, -0.2) is 0 Å². The fourth-order valence-electron chi connectivity index (χ4n) is 2.54. The molecule has 134 valence electrons. The Hall–Kier alpha value is -2.80. The number of amides is 1. The van der Waals surface area contributed by atoms with Gasteiger partial charge in [-0.1, -0.05) is 54.2 Å². The van der Waals surface area contributed by atoms with Crippen molar-refractivity contribution < 1.29 is 9.53 Å². The fourth-order valence-corrected chi connectivity index (χ4v) is 3.24. The van der Waals surface area contributed by atoms with Crippen molar-refractivity contribution in [2.24, 2.45) is 7.05 Å². The summed E-state index contributed by atoms with van der Waals surface area (Å²) in [5, 5.41) is 11.6. The highest BCUT2D eigenvalue weighted by molar-refractivity contribution is 7.99. The summed E-state index contributed by atoms with van der Waals surface area (Å²) in [6.07, 6.45) is 1.62. The molecule has 1 aromatic heterocycles. The van der Waals surface area contributed by atoms with Gasteiger partial charge in [-0.2, -0.15) is 0 Å². The van der Waals surface area contributed by atoms with Crippen LogP contribution in [0.25, 0.3) is 0 Å². The lowest BCUT2D eigenvalue weighted by atomic mass is 9.98. The summed E-state index contributed by atoms with van der Waals surface area (Å²) in [7, 11) is 3.49. The molecule has 0 bridgehead atoms. The van der Waals surface area contributed by atoms with E-state index in [9.17, 15) is 4.79 Å². The maximum Gasteiger partial charge on any atom is 0.231 e. The number of nitrogens with one attached hydrogen (secondary N) is 1. The number of carbonyl (C=O) groups is 1. The smallest absolute Gasteiger partial charge is 0.231 e. The first kappa shape index (κ1) is 18.0. The highest BCUT2D eigenvalue weighted by atomic mass is 32.2. The minimum atomic E-state index is -0.227. The normalized spacial score (nSPS) is 11.8. The van der Waals surface area contributed by atoms with E-state index in [1.54, 1.807) is 18.0 Å². The number of hydrogen-bond acceptors (Lipinski definition) is 5. The molecule has 7 heteroatoms. The Kier molecular flexibility index (Phi) is 5.91. The summed E-state index contributed by atoms with van der Waals surface area (Å²) < 4.78 is 7.01. The zero-order valence-electron chi connectivity index (χ0n) is 14.6. The number of aromatic nitrogens is 3. The average molecular weight is 368 g/mol. The Balaban J connectivity index is 1.75. The summed E-state index contributed by atoms with van der Waals surface area (Å²) in [6, 6.07) is 17.4. The first-order valence-corrected chi connectivity index (χ1v) is 9.11. The maximum absolute atomic E-state index is 12.5. The molecular formula is C19H20N4O2S. The molecule has 0 saturated heterocycles. The number of hydrogen-bond donors (Lipinski definition) is 1. The van der Waals surface area contributed by atoms with E-state index in [-0.39, 0.29) is 17.7 Å². The molecule has 26 heavy (non-hydrogen) atoms. The van der Waals surface area contributed by atoms with Crippen LogP contribution in [0.1, 0.15) is 17.2 Å². The van der Waals surface area contributed by atoms with Crippen molar-refractivity contribution in [2.45, 2.75) is 11.2 Å². The van der Waals surface area contributed by atoms with Crippen LogP contribution in [0.3, 0.4) is 0 Å². The summed E-state index contributed by atoms with van der Waals surface area (Å²) in [5.74, 6) is 0.985. The minimum absolute atomic E-state index is 0.0670. The Morgan fingerprint density at radius 2 is 1.85 bits per heavy atom. The van der Waals surface area contributed by atoms with Crippen molar-refractivity contribution in [3.8, 4) is 5.75 Å². The van der Waals surface area contributed by atoms with Gasteiger partial charge in [0.25, 0.3) is 0 Å². The highest BCUT2D eigenvalue weighted by Gasteiger charge is 2.17. The van der Waals surface area contributed by atoms with E-state index in [1.807, 2.05) is 61.6 Å². The molecule has 1 amide bonds. The quantitative estimate of drug-likeness (QED) is 0.650. The molecular weight excluding hydrogens is 348 g/mol. The number of carbonyl (C=O) groups excluding carboxylic acids is 1. The zero-order chi connectivity index (χ0) is 18.4. The monoisotopic (exact) mass is 368 g/mol. The van der Waals surface area contributed by atoms with Crippen LogP contribution in [-0.2, 0) is 11.8 Å². The predicted molar refractivity (Wildman–Crippen MR) is 101 cm³/mol. The van der Waals surface area contributed by atoms with Crippen molar-refractivity contribution >= 4 is 17.7 Å². The number of thioether (sulfide) groups is 1. The van der Waals surface area contributed by atoms with Crippen molar-refractivity contribution in [1.29, 1.82) is 0 Å². The van der Waals surface area contributed by atoms with Gasteiger partial charge in [0.2, 0.25) is 5.91 Å². The second kappa shape index (κ2) is 8.53. The van der Waals surface area contributed by atoms with Gasteiger partial charge in [-0.3, -0.25) is 4.79 Å². The lowest BCUT2D eigenvalue weighted by Crippen LogP contribution is -2.30. The Morgan fingerprint density at radius 3 is 2.46 bits per heavy atom. The van der Waals surface area contributed by atoms with E-state index < -0.39 is 0 Å². The van der Waals surface area contributed by atoms with Gasteiger partial charge >= 0.3 is 0 Å². The number of ether oxygens (including phenoxy) is 1. The first-order chi connectivity index (χ1) is 12.7. The van der Waals surface area contributed by atoms with E-state index in [2.05, 4.69) is 15.5 Å². The molecule has 1 atom stereocenters. The van der Waals surface area contributed by atoms with E-state index >= 15 is 0 Å². The molecule has 0 aliphatic rings. The number of nitrogens with zero attached hydrogens (tertiary/aromatic N) is 3. The van der Waals surface area contributed by atoms with Gasteiger partial charge in [0.05, 0.1) is 18.9 Å². The van der Waals surface area contributed by atoms with Crippen LogP contribution < -0.4 is 10.1 Å². The van der Waals surface area contributed by atoms with Crippen LogP contribution in [0.15, 0.2) is 66.1 Å². The van der Waals surface area contributed by atoms with Crippen LogP contribution in [0.4, 0.5) is 0 Å². The van der Waals surface area contributed by atoms with Crippen LogP contribution >= 0.6 is 11.8 Å². The lowest BCUT2D eigenvalue weighted by molar-refractivity contribution is -0.119. The van der Waals surface area contributed by atoms with Gasteiger partial charge in [0.15, 0.2) is 5.16 Å². The van der Waals surface area contributed by atoms with Gasteiger partial charge in [-0.15, -0.1) is 10.2 Å². The summed E-state index contributed by atoms with van der Waals surface area (Å²) in [6.45, 7) is 0. The van der Waals surface area contributed by atoms with Crippen molar-refractivity contribution in [1.82, 2.24) is 20.1 Å². The molecule has 1 N–H and O–H groups in total. The van der Waals surface area contributed by atoms with Gasteiger partial charge in [-0.05, 0) is 23.3 Å². The molecule has 3 rings (SSSR count). The molecule has 1 heterocycles. The minimum Gasteiger partial charge on any atom is -0.497 e. The molecule has 0 fully saturated rings. The zero-order valence-corrected chi connectivity index (χ0v) is 15.4. The Labute approximate surface area is 156 Å². The summed E-state index contributed by atoms with van der Waals surface area (Å²) in [5.41, 5.74) is 2.02. The topological polar surface area (TPSA) is 69.0 Å². The molecule has 6 nitrogen and oxygen atoms in total. The summed E-state index contributed by atoms with van der Waals surface area (Å²) in [4.78, 5) is 12.5. The van der Waals surface area contributed by atoms with E-state index in [0.717, 1.165) is 16.9 Å². The molecule has 0 aliphatic heterocycles. The van der Waals surface area contributed by atoms with Crippen LogP contribution in [0.5, 0.6) is 5.75 Å². The van der Waals surface area contributed by atoms with Crippen LogP contribution in [-0.4, -0.2) is 33.5 Å². The molecule has 0 radical (unpaired) electrons. The SMILES string of the molecule is COc1ccc(C(NC(=O)CSc2nncn2C)c2ccccc2)cc1. The molecule has 0 aliphatic carbocycles. The third kappa shape index (κ3) is 4.43. The third-order valence-electron chi connectivity index (χ3n) is 3.89. The van der Waals surface area contributed by atoms with Gasteiger partial charge in [0.1, 0.15) is 12.1 Å². The molecule has 3 aromatic rings. The van der Waals surface area contributed by atoms with Gasteiger partial charge < -0.3 is 14.6 Å². The Bertz CT molecular complexity index is 849. The van der Waals surface area contributed by atoms with Crippen LogP contribution in [0, 0.1) is 0 Å². The van der Waals surface area contributed by atoms with Crippen molar-refractivity contribution in [3.05, 3.63) is 72.1 Å². The van der Waals surface area contributed by atoms with Crippen LogP contribution in [0.2, 0.25) is 0 Å². The average Bonchev–Trinajstić information content (AvgIpc) is 3.10. The number of rotatable bonds is 7. The number of benzene rings is 2. The summed E-state index contributed by atoms with van der Waals surface area (Å²) >= 11 is 1.36. The maximum atomic E-state index is 12.5. The second-order valence-electron chi connectivity index (χ2n) is 5.70. The largest absolute Gasteiger partial charge is 0.497 e. The third-order valence-corrected chi connectivity index (χ3v) is 4.92. The van der Waals surface area contributed by atoms with E-state index in [1.165, 1.54) is 11.8 Å². The highest BCUT2D eigenvalue weighted by Crippen LogP contribution is 2.24. The number of aryl methyl sites for hydroxylation is 1.